The van der Waals surface area contributed by atoms with Gasteiger partial charge in [-0.05, 0) is 12.8 Å². The second-order valence-electron chi connectivity index (χ2n) is 2.52. The van der Waals surface area contributed by atoms with Crippen molar-refractivity contribution in [1.29, 1.82) is 0 Å². The van der Waals surface area contributed by atoms with Gasteiger partial charge in [0.1, 0.15) is 6.10 Å². The van der Waals surface area contributed by atoms with E-state index in [1.54, 1.807) is 0 Å². The number of hydrogen-bond donors (Lipinski definition) is 1. The zero-order chi connectivity index (χ0) is 7.40. The molecule has 1 aliphatic heterocycles. The predicted molar refractivity (Wildman–Crippen MR) is 35.4 cm³/mol. The van der Waals surface area contributed by atoms with E-state index in [-0.39, 0.29) is 18.7 Å². The van der Waals surface area contributed by atoms with E-state index in [4.69, 9.17) is 9.84 Å². The molecule has 0 bridgehead atoms. The highest BCUT2D eigenvalue weighted by Crippen LogP contribution is 2.15. The van der Waals surface area contributed by atoms with Gasteiger partial charge in [0.2, 0.25) is 0 Å². The molecule has 1 N–H and O–H groups in total. The lowest BCUT2D eigenvalue weighted by atomic mass is 10.1. The number of hydrogen-bond acceptors (Lipinski definition) is 3. The number of cyclic esters (lactones) is 1. The Morgan fingerprint density at radius 2 is 2.50 bits per heavy atom. The smallest absolute Gasteiger partial charge is 0.306 e. The molecule has 1 atom stereocenters. The Balaban J connectivity index is 2.25. The van der Waals surface area contributed by atoms with Crippen molar-refractivity contribution in [1.82, 2.24) is 0 Å². The molecule has 0 aromatic heterocycles. The minimum atomic E-state index is -0.121. The molecule has 3 nitrogen and oxygen atoms in total. The highest BCUT2D eigenvalue weighted by molar-refractivity contribution is 5.70. The quantitative estimate of drug-likeness (QED) is 0.573. The maximum absolute atomic E-state index is 10.6. The number of rotatable bonds is 2. The van der Waals surface area contributed by atoms with Crippen LogP contribution < -0.4 is 0 Å². The first-order valence-electron chi connectivity index (χ1n) is 3.63. The fourth-order valence-corrected chi connectivity index (χ4v) is 1.13. The molecule has 0 aromatic carbocycles. The van der Waals surface area contributed by atoms with Crippen LogP contribution in [0.5, 0.6) is 0 Å². The number of esters is 1. The Morgan fingerprint density at radius 3 is 3.10 bits per heavy atom. The summed E-state index contributed by atoms with van der Waals surface area (Å²) in [6, 6.07) is 0. The average molecular weight is 144 g/mol. The summed E-state index contributed by atoms with van der Waals surface area (Å²) in [7, 11) is 0. The van der Waals surface area contributed by atoms with Gasteiger partial charge < -0.3 is 9.84 Å². The summed E-state index contributed by atoms with van der Waals surface area (Å²) in [5.41, 5.74) is 0. The van der Waals surface area contributed by atoms with Gasteiger partial charge in [0.25, 0.3) is 0 Å². The van der Waals surface area contributed by atoms with Gasteiger partial charge in [-0.1, -0.05) is 0 Å². The monoisotopic (exact) mass is 144 g/mol. The third-order valence-electron chi connectivity index (χ3n) is 1.66. The highest BCUT2D eigenvalue weighted by atomic mass is 16.5. The molecule has 10 heavy (non-hydrogen) atoms. The lowest BCUT2D eigenvalue weighted by Gasteiger charge is -2.20. The van der Waals surface area contributed by atoms with Crippen molar-refractivity contribution in [2.75, 3.05) is 6.61 Å². The van der Waals surface area contributed by atoms with Crippen LogP contribution in [0.15, 0.2) is 0 Å². The van der Waals surface area contributed by atoms with E-state index in [1.165, 1.54) is 0 Å². The fraction of sp³-hybridized carbons (Fsp3) is 0.857. The zero-order valence-corrected chi connectivity index (χ0v) is 5.88. The van der Waals surface area contributed by atoms with Crippen molar-refractivity contribution in [3.63, 3.8) is 0 Å². The fourth-order valence-electron chi connectivity index (χ4n) is 1.13. The summed E-state index contributed by atoms with van der Waals surface area (Å²) in [5.74, 6) is -0.121. The van der Waals surface area contributed by atoms with Crippen LogP contribution in [0.4, 0.5) is 0 Å². The van der Waals surface area contributed by atoms with Gasteiger partial charge in [-0.15, -0.1) is 0 Å². The first-order valence-corrected chi connectivity index (χ1v) is 3.63. The van der Waals surface area contributed by atoms with E-state index in [1.807, 2.05) is 0 Å². The number of aliphatic hydroxyl groups excluding tert-OH is 1. The molecule has 1 fully saturated rings. The van der Waals surface area contributed by atoms with Crippen LogP contribution in [0.2, 0.25) is 0 Å². The SMILES string of the molecule is O=C1CCC[C@@H](CCO)O1. The van der Waals surface area contributed by atoms with Crippen molar-refractivity contribution in [2.24, 2.45) is 0 Å². The van der Waals surface area contributed by atoms with E-state index >= 15 is 0 Å². The van der Waals surface area contributed by atoms with Crippen molar-refractivity contribution in [3.8, 4) is 0 Å². The van der Waals surface area contributed by atoms with Crippen LogP contribution >= 0.6 is 0 Å². The molecule has 58 valence electrons. The maximum Gasteiger partial charge on any atom is 0.306 e. The normalized spacial score (nSPS) is 26.1. The Morgan fingerprint density at radius 1 is 1.70 bits per heavy atom. The summed E-state index contributed by atoms with van der Waals surface area (Å²) < 4.78 is 4.93. The number of ether oxygens (including phenoxy) is 1. The van der Waals surface area contributed by atoms with Crippen molar-refractivity contribution < 1.29 is 14.6 Å². The molecule has 0 saturated carbocycles. The van der Waals surface area contributed by atoms with Gasteiger partial charge in [-0.25, -0.2) is 0 Å². The third-order valence-corrected chi connectivity index (χ3v) is 1.66. The molecule has 0 unspecified atom stereocenters. The van der Waals surface area contributed by atoms with Gasteiger partial charge in [0.15, 0.2) is 0 Å². The van der Waals surface area contributed by atoms with Crippen LogP contribution in [0, 0.1) is 0 Å². The maximum atomic E-state index is 10.6. The lowest BCUT2D eigenvalue weighted by Crippen LogP contribution is -2.24. The topological polar surface area (TPSA) is 46.5 Å². The van der Waals surface area contributed by atoms with E-state index in [0.717, 1.165) is 12.8 Å². The average Bonchev–Trinajstić information content (AvgIpc) is 1.88. The lowest BCUT2D eigenvalue weighted by molar-refractivity contribution is -0.154. The number of carbonyl (C=O) groups excluding carboxylic acids is 1. The standard InChI is InChI=1S/C7H12O3/c8-5-4-6-2-1-3-7(9)10-6/h6,8H,1-5H2/t6-/m0/s1. The Labute approximate surface area is 60.0 Å². The minimum Gasteiger partial charge on any atom is -0.462 e. The summed E-state index contributed by atoms with van der Waals surface area (Å²) in [4.78, 5) is 10.6. The van der Waals surface area contributed by atoms with Crippen molar-refractivity contribution in [2.45, 2.75) is 31.8 Å². The van der Waals surface area contributed by atoms with Crippen LogP contribution in [0.1, 0.15) is 25.7 Å². The van der Waals surface area contributed by atoms with Crippen LogP contribution in [-0.4, -0.2) is 23.8 Å². The number of aliphatic hydroxyl groups is 1. The van der Waals surface area contributed by atoms with Crippen molar-refractivity contribution >= 4 is 5.97 Å². The van der Waals surface area contributed by atoms with Crippen LogP contribution in [-0.2, 0) is 9.53 Å². The first-order chi connectivity index (χ1) is 4.83. The third kappa shape index (κ3) is 1.99. The molecule has 0 aliphatic carbocycles. The molecular formula is C7H12O3. The van der Waals surface area contributed by atoms with E-state index in [0.29, 0.717) is 12.8 Å². The molecule has 1 rings (SSSR count). The molecule has 1 saturated heterocycles. The van der Waals surface area contributed by atoms with Gasteiger partial charge in [0, 0.05) is 19.4 Å². The summed E-state index contributed by atoms with van der Waals surface area (Å²) in [5, 5.41) is 8.51. The predicted octanol–water partition coefficient (Wildman–Crippen LogP) is 0.464. The summed E-state index contributed by atoms with van der Waals surface area (Å²) in [6.45, 7) is 0.109. The molecule has 3 heteroatoms. The van der Waals surface area contributed by atoms with Gasteiger partial charge in [-0.3, -0.25) is 4.79 Å². The molecule has 0 aromatic rings. The van der Waals surface area contributed by atoms with Gasteiger partial charge in [0.05, 0.1) is 0 Å². The molecular weight excluding hydrogens is 132 g/mol. The van der Waals surface area contributed by atoms with Gasteiger partial charge >= 0.3 is 5.97 Å². The van der Waals surface area contributed by atoms with E-state index in [9.17, 15) is 4.79 Å². The Bertz CT molecular complexity index is 120. The van der Waals surface area contributed by atoms with Crippen molar-refractivity contribution in [3.05, 3.63) is 0 Å². The summed E-state index contributed by atoms with van der Waals surface area (Å²) in [6.07, 6.45) is 2.93. The highest BCUT2D eigenvalue weighted by Gasteiger charge is 2.18. The van der Waals surface area contributed by atoms with Crippen LogP contribution in [0.3, 0.4) is 0 Å². The van der Waals surface area contributed by atoms with E-state index < -0.39 is 0 Å². The Hall–Kier alpha value is -0.570. The molecule has 0 amide bonds. The Kier molecular flexibility index (Phi) is 2.68. The van der Waals surface area contributed by atoms with E-state index in [2.05, 4.69) is 0 Å². The zero-order valence-electron chi connectivity index (χ0n) is 5.88. The summed E-state index contributed by atoms with van der Waals surface area (Å²) >= 11 is 0. The second kappa shape index (κ2) is 3.56. The van der Waals surface area contributed by atoms with Crippen LogP contribution in [0.25, 0.3) is 0 Å². The molecule has 1 aliphatic rings. The molecule has 0 radical (unpaired) electrons. The largest absolute Gasteiger partial charge is 0.462 e. The molecule has 0 spiro atoms. The number of carbonyl (C=O) groups is 1. The minimum absolute atomic E-state index is 0.0220. The molecule has 1 heterocycles. The first kappa shape index (κ1) is 7.54. The van der Waals surface area contributed by atoms with Gasteiger partial charge in [-0.2, -0.15) is 0 Å². The second-order valence-corrected chi connectivity index (χ2v) is 2.52.